The average Bonchev–Trinajstić information content (AvgIpc) is 2.18. The van der Waals surface area contributed by atoms with Crippen molar-refractivity contribution in [2.75, 3.05) is 27.2 Å². The predicted octanol–water partition coefficient (Wildman–Crippen LogP) is 0.289. The molecule has 1 rings (SSSR count). The van der Waals surface area contributed by atoms with E-state index in [1.54, 1.807) is 0 Å². The number of aromatic nitrogens is 2. The van der Waals surface area contributed by atoms with Crippen molar-refractivity contribution in [2.45, 2.75) is 0 Å². The zero-order valence-corrected chi connectivity index (χ0v) is 8.27. The normalized spacial score (nSPS) is 9.86. The molecule has 0 amide bonds. The second kappa shape index (κ2) is 5.14. The molecule has 1 aromatic heterocycles. The third-order valence-corrected chi connectivity index (χ3v) is 1.55. The molecular formula is C9H12N4O. The van der Waals surface area contributed by atoms with Crippen LogP contribution in [0.15, 0.2) is 12.4 Å². The number of rotatable bonds is 4. The smallest absolute Gasteiger partial charge is 0.251 e. The molecule has 0 spiro atoms. The van der Waals surface area contributed by atoms with E-state index < -0.39 is 0 Å². The Balaban J connectivity index is 2.54. The summed E-state index contributed by atoms with van der Waals surface area (Å²) < 4.78 is 5.30. The molecule has 5 heteroatoms. The van der Waals surface area contributed by atoms with Gasteiger partial charge >= 0.3 is 0 Å². The fourth-order valence-electron chi connectivity index (χ4n) is 0.832. The Bertz CT molecular complexity index is 332. The van der Waals surface area contributed by atoms with E-state index in [2.05, 4.69) is 9.97 Å². The van der Waals surface area contributed by atoms with Crippen molar-refractivity contribution in [3.05, 3.63) is 18.1 Å². The summed E-state index contributed by atoms with van der Waals surface area (Å²) in [5.41, 5.74) is 0.228. The highest BCUT2D eigenvalue weighted by molar-refractivity contribution is 5.29. The summed E-state index contributed by atoms with van der Waals surface area (Å²) in [6.45, 7) is 1.28. The van der Waals surface area contributed by atoms with E-state index >= 15 is 0 Å². The lowest BCUT2D eigenvalue weighted by atomic mass is 10.5. The van der Waals surface area contributed by atoms with E-state index in [1.807, 2.05) is 25.1 Å². The molecule has 0 saturated heterocycles. The average molecular weight is 192 g/mol. The Morgan fingerprint density at radius 3 is 2.79 bits per heavy atom. The van der Waals surface area contributed by atoms with Crippen LogP contribution in [0.1, 0.15) is 5.69 Å². The van der Waals surface area contributed by atoms with Gasteiger partial charge in [-0.3, -0.25) is 0 Å². The van der Waals surface area contributed by atoms with E-state index in [1.165, 1.54) is 12.4 Å². The summed E-state index contributed by atoms with van der Waals surface area (Å²) in [4.78, 5) is 9.74. The standard InChI is InChI=1S/C9H12N4O/c1-13(2)5-6-14-9-8(7-10)11-3-4-12-9/h3-4H,5-6H2,1-2H3. The van der Waals surface area contributed by atoms with Crippen LogP contribution in [-0.2, 0) is 0 Å². The minimum Gasteiger partial charge on any atom is -0.474 e. The molecule has 0 aliphatic carbocycles. The number of nitrogens with zero attached hydrogens (tertiary/aromatic N) is 4. The van der Waals surface area contributed by atoms with Crippen molar-refractivity contribution in [1.29, 1.82) is 5.26 Å². The van der Waals surface area contributed by atoms with Crippen molar-refractivity contribution in [2.24, 2.45) is 0 Å². The first-order chi connectivity index (χ1) is 6.74. The molecular weight excluding hydrogens is 180 g/mol. The van der Waals surface area contributed by atoms with Gasteiger partial charge in [-0.2, -0.15) is 5.26 Å². The SMILES string of the molecule is CN(C)CCOc1nccnc1C#N. The summed E-state index contributed by atoms with van der Waals surface area (Å²) in [5, 5.41) is 8.68. The van der Waals surface area contributed by atoms with Gasteiger partial charge in [-0.25, -0.2) is 9.97 Å². The van der Waals surface area contributed by atoms with E-state index in [4.69, 9.17) is 10.00 Å². The first-order valence-electron chi connectivity index (χ1n) is 4.22. The van der Waals surface area contributed by atoms with E-state index in [0.29, 0.717) is 12.5 Å². The third kappa shape index (κ3) is 2.99. The van der Waals surface area contributed by atoms with Crippen molar-refractivity contribution < 1.29 is 4.74 Å². The molecule has 0 aliphatic rings. The van der Waals surface area contributed by atoms with Crippen LogP contribution in [0.4, 0.5) is 0 Å². The van der Waals surface area contributed by atoms with E-state index in [9.17, 15) is 0 Å². The Morgan fingerprint density at radius 1 is 1.43 bits per heavy atom. The monoisotopic (exact) mass is 192 g/mol. The van der Waals surface area contributed by atoms with Crippen LogP contribution >= 0.6 is 0 Å². The van der Waals surface area contributed by atoms with Crippen LogP contribution in [-0.4, -0.2) is 42.1 Å². The highest BCUT2D eigenvalue weighted by Crippen LogP contribution is 2.08. The van der Waals surface area contributed by atoms with E-state index in [0.717, 1.165) is 6.54 Å². The molecule has 0 radical (unpaired) electrons. The van der Waals surface area contributed by atoms with Gasteiger partial charge < -0.3 is 9.64 Å². The maximum Gasteiger partial charge on any atom is 0.251 e. The number of hydrogen-bond acceptors (Lipinski definition) is 5. The molecule has 14 heavy (non-hydrogen) atoms. The molecule has 0 fully saturated rings. The second-order valence-electron chi connectivity index (χ2n) is 2.97. The fraction of sp³-hybridized carbons (Fsp3) is 0.444. The van der Waals surface area contributed by atoms with Gasteiger partial charge in [-0.05, 0) is 14.1 Å². The summed E-state index contributed by atoms with van der Waals surface area (Å²) in [5.74, 6) is 0.303. The van der Waals surface area contributed by atoms with Crippen LogP contribution in [0.5, 0.6) is 5.88 Å². The molecule has 0 bridgehead atoms. The molecule has 5 nitrogen and oxygen atoms in total. The molecule has 0 atom stereocenters. The molecule has 74 valence electrons. The highest BCUT2D eigenvalue weighted by atomic mass is 16.5. The van der Waals surface area contributed by atoms with Gasteiger partial charge in [0.1, 0.15) is 12.7 Å². The zero-order valence-electron chi connectivity index (χ0n) is 8.27. The lowest BCUT2D eigenvalue weighted by molar-refractivity contribution is 0.252. The highest BCUT2D eigenvalue weighted by Gasteiger charge is 2.04. The maximum atomic E-state index is 8.68. The molecule has 0 N–H and O–H groups in total. The van der Waals surface area contributed by atoms with Gasteiger partial charge in [0.15, 0.2) is 0 Å². The maximum absolute atomic E-state index is 8.68. The molecule has 1 heterocycles. The largest absolute Gasteiger partial charge is 0.474 e. The number of nitriles is 1. The van der Waals surface area contributed by atoms with Gasteiger partial charge in [0.25, 0.3) is 5.88 Å². The van der Waals surface area contributed by atoms with Crippen LogP contribution in [0.2, 0.25) is 0 Å². The van der Waals surface area contributed by atoms with Crippen molar-refractivity contribution >= 4 is 0 Å². The molecule has 0 unspecified atom stereocenters. The summed E-state index contributed by atoms with van der Waals surface area (Å²) in [6, 6.07) is 1.92. The lowest BCUT2D eigenvalue weighted by Crippen LogP contribution is -2.20. The third-order valence-electron chi connectivity index (χ3n) is 1.55. The van der Waals surface area contributed by atoms with Gasteiger partial charge in [-0.1, -0.05) is 0 Å². The first-order valence-corrected chi connectivity index (χ1v) is 4.22. The van der Waals surface area contributed by atoms with Crippen LogP contribution in [0, 0.1) is 11.3 Å². The Kier molecular flexibility index (Phi) is 3.83. The minimum absolute atomic E-state index is 0.228. The van der Waals surface area contributed by atoms with Crippen LogP contribution in [0.25, 0.3) is 0 Å². The van der Waals surface area contributed by atoms with Crippen molar-refractivity contribution in [3.63, 3.8) is 0 Å². The first kappa shape index (κ1) is 10.4. The van der Waals surface area contributed by atoms with Gasteiger partial charge in [0.05, 0.1) is 0 Å². The number of ether oxygens (including phenoxy) is 1. The van der Waals surface area contributed by atoms with Gasteiger partial charge in [-0.15, -0.1) is 0 Å². The van der Waals surface area contributed by atoms with Crippen LogP contribution < -0.4 is 4.74 Å². The summed E-state index contributed by atoms with van der Waals surface area (Å²) >= 11 is 0. The van der Waals surface area contributed by atoms with Gasteiger partial charge in [0, 0.05) is 18.9 Å². The molecule has 1 aromatic rings. The number of hydrogen-bond donors (Lipinski definition) is 0. The topological polar surface area (TPSA) is 62.0 Å². The molecule has 0 aromatic carbocycles. The summed E-state index contributed by atoms with van der Waals surface area (Å²) in [7, 11) is 3.90. The molecule has 0 aliphatic heterocycles. The van der Waals surface area contributed by atoms with Crippen LogP contribution in [0.3, 0.4) is 0 Å². The lowest BCUT2D eigenvalue weighted by Gasteiger charge is -2.10. The fourth-order valence-corrected chi connectivity index (χ4v) is 0.832. The zero-order chi connectivity index (χ0) is 10.4. The number of likely N-dealkylation sites (N-methyl/N-ethyl adjacent to an activating group) is 1. The Hall–Kier alpha value is -1.67. The minimum atomic E-state index is 0.228. The van der Waals surface area contributed by atoms with Crippen molar-refractivity contribution in [1.82, 2.24) is 14.9 Å². The van der Waals surface area contributed by atoms with Crippen molar-refractivity contribution in [3.8, 4) is 11.9 Å². The predicted molar refractivity (Wildman–Crippen MR) is 50.8 cm³/mol. The molecule has 0 saturated carbocycles. The second-order valence-corrected chi connectivity index (χ2v) is 2.97. The summed E-state index contributed by atoms with van der Waals surface area (Å²) in [6.07, 6.45) is 2.98. The Labute approximate surface area is 83.0 Å². The van der Waals surface area contributed by atoms with Gasteiger partial charge in [0.2, 0.25) is 5.69 Å². The quantitative estimate of drug-likeness (QED) is 0.686. The Morgan fingerprint density at radius 2 is 2.14 bits per heavy atom. The van der Waals surface area contributed by atoms with E-state index in [-0.39, 0.29) is 5.69 Å².